The number of nitrogens with zero attached hydrogens (tertiary/aromatic N) is 4. The van der Waals surface area contributed by atoms with Crippen molar-refractivity contribution in [1.29, 1.82) is 0 Å². The van der Waals surface area contributed by atoms with Crippen LogP contribution in [0.4, 0.5) is 0 Å². The average Bonchev–Trinajstić information content (AvgIpc) is 2.88. The molecule has 1 aromatic heterocycles. The Morgan fingerprint density at radius 2 is 1.96 bits per heavy atom. The highest BCUT2D eigenvalue weighted by Gasteiger charge is 2.37. The molecule has 23 heavy (non-hydrogen) atoms. The number of piperidine rings is 1. The summed E-state index contributed by atoms with van der Waals surface area (Å²) < 4.78 is 1.98. The number of carbonyl (C=O) groups is 1. The van der Waals surface area contributed by atoms with E-state index in [0.29, 0.717) is 6.42 Å². The van der Waals surface area contributed by atoms with E-state index in [1.54, 1.807) is 0 Å². The molecule has 124 valence electrons. The van der Waals surface area contributed by atoms with Crippen molar-refractivity contribution in [2.75, 3.05) is 18.5 Å². The highest BCUT2D eigenvalue weighted by Crippen LogP contribution is 2.44. The number of hydrogen-bond donors (Lipinski definition) is 1. The first kappa shape index (κ1) is 15.2. The third-order valence-electron chi connectivity index (χ3n) is 4.78. The molecular weight excluding hydrogens is 310 g/mol. The summed E-state index contributed by atoms with van der Waals surface area (Å²) in [6.45, 7) is 7.39. The van der Waals surface area contributed by atoms with Crippen molar-refractivity contribution in [1.82, 2.24) is 19.8 Å². The first-order valence-corrected chi connectivity index (χ1v) is 9.21. The van der Waals surface area contributed by atoms with Crippen molar-refractivity contribution in [3.8, 4) is 0 Å². The van der Waals surface area contributed by atoms with Crippen LogP contribution in [0.25, 0.3) is 0 Å². The van der Waals surface area contributed by atoms with E-state index < -0.39 is 0 Å². The van der Waals surface area contributed by atoms with Crippen LogP contribution < -0.4 is 5.43 Å². The van der Waals surface area contributed by atoms with Gasteiger partial charge in [0.15, 0.2) is 11.6 Å². The molecule has 0 amide bonds. The van der Waals surface area contributed by atoms with Crippen LogP contribution in [-0.2, 0) is 11.3 Å². The summed E-state index contributed by atoms with van der Waals surface area (Å²) in [6, 6.07) is 0. The summed E-state index contributed by atoms with van der Waals surface area (Å²) in [6.07, 6.45) is 5.36. The highest BCUT2D eigenvalue weighted by atomic mass is 32.2. The van der Waals surface area contributed by atoms with Crippen molar-refractivity contribution in [2.24, 2.45) is 5.41 Å². The van der Waals surface area contributed by atoms with E-state index in [9.17, 15) is 4.79 Å². The van der Waals surface area contributed by atoms with Gasteiger partial charge >= 0.3 is 0 Å². The van der Waals surface area contributed by atoms with Crippen LogP contribution >= 0.6 is 11.8 Å². The van der Waals surface area contributed by atoms with Crippen LogP contribution in [0, 0.1) is 5.41 Å². The summed E-state index contributed by atoms with van der Waals surface area (Å²) in [7, 11) is 0. The molecule has 0 aromatic carbocycles. The molecule has 1 saturated heterocycles. The van der Waals surface area contributed by atoms with Crippen LogP contribution in [0.5, 0.6) is 0 Å². The second kappa shape index (κ2) is 5.63. The smallest absolute Gasteiger partial charge is 0.215 e. The molecule has 1 fully saturated rings. The standard InChI is InChI=1S/C16H23N5OS/c1-16(2)8-11-14(12(22)9-16)23-15-18-17-13(21(15)19-11)10-20-6-4-3-5-7-20/h19H,3-10H2,1-2H3. The Hall–Kier alpha value is -1.34. The molecular formula is C16H23N5OS. The minimum atomic E-state index is 0.0159. The zero-order valence-corrected chi connectivity index (χ0v) is 14.6. The third-order valence-corrected chi connectivity index (χ3v) is 5.90. The van der Waals surface area contributed by atoms with Crippen LogP contribution in [0.15, 0.2) is 15.8 Å². The number of Topliss-reactive ketones (excluding diaryl/α,β-unsaturated/α-hetero) is 1. The zero-order chi connectivity index (χ0) is 16.0. The molecule has 1 aromatic rings. The lowest BCUT2D eigenvalue weighted by atomic mass is 9.79. The van der Waals surface area contributed by atoms with Gasteiger partial charge in [0.2, 0.25) is 5.16 Å². The molecule has 6 nitrogen and oxygen atoms in total. The van der Waals surface area contributed by atoms with Crippen LogP contribution in [-0.4, -0.2) is 38.6 Å². The number of thioether (sulfide) groups is 1. The molecule has 7 heteroatoms. The van der Waals surface area contributed by atoms with Gasteiger partial charge in [-0.25, -0.2) is 4.68 Å². The Kier molecular flexibility index (Phi) is 3.72. The molecule has 2 aliphatic heterocycles. The normalized spacial score (nSPS) is 24.2. The lowest BCUT2D eigenvalue weighted by Crippen LogP contribution is -2.35. The van der Waals surface area contributed by atoms with Gasteiger partial charge in [0.25, 0.3) is 0 Å². The summed E-state index contributed by atoms with van der Waals surface area (Å²) in [5, 5.41) is 9.43. The molecule has 0 radical (unpaired) electrons. The van der Waals surface area contributed by atoms with Gasteiger partial charge in [0, 0.05) is 6.42 Å². The summed E-state index contributed by atoms with van der Waals surface area (Å²) >= 11 is 1.47. The predicted octanol–water partition coefficient (Wildman–Crippen LogP) is 2.51. The number of carbonyl (C=O) groups excluding carboxylic acids is 1. The summed E-state index contributed by atoms with van der Waals surface area (Å²) in [5.74, 6) is 1.16. The largest absolute Gasteiger partial charge is 0.296 e. The van der Waals surface area contributed by atoms with Crippen molar-refractivity contribution >= 4 is 17.5 Å². The second-order valence-electron chi connectivity index (χ2n) is 7.53. The minimum absolute atomic E-state index is 0.0159. The maximum atomic E-state index is 12.4. The first-order valence-electron chi connectivity index (χ1n) is 8.40. The SMILES string of the molecule is CC1(C)CC(=O)C2=C(C1)Nn1c(CN3CCCCC3)nnc1S2. The Morgan fingerprint density at radius 1 is 1.17 bits per heavy atom. The van der Waals surface area contributed by atoms with Crippen molar-refractivity contribution in [3.63, 3.8) is 0 Å². The topological polar surface area (TPSA) is 63.1 Å². The van der Waals surface area contributed by atoms with E-state index in [4.69, 9.17) is 0 Å². The van der Waals surface area contributed by atoms with Crippen molar-refractivity contribution in [2.45, 2.75) is 57.7 Å². The molecule has 0 spiro atoms. The van der Waals surface area contributed by atoms with Gasteiger partial charge in [0.05, 0.1) is 17.1 Å². The number of allylic oxidation sites excluding steroid dienone is 2. The van der Waals surface area contributed by atoms with Gasteiger partial charge in [-0.3, -0.25) is 15.1 Å². The number of likely N-dealkylation sites (tertiary alicyclic amines) is 1. The highest BCUT2D eigenvalue weighted by molar-refractivity contribution is 8.04. The van der Waals surface area contributed by atoms with E-state index in [1.807, 2.05) is 4.68 Å². The average molecular weight is 333 g/mol. The Labute approximate surface area is 140 Å². The number of nitrogens with one attached hydrogen (secondary N) is 1. The van der Waals surface area contributed by atoms with Gasteiger partial charge in [-0.15, -0.1) is 10.2 Å². The Morgan fingerprint density at radius 3 is 2.74 bits per heavy atom. The van der Waals surface area contributed by atoms with Crippen LogP contribution in [0.3, 0.4) is 0 Å². The molecule has 3 heterocycles. The van der Waals surface area contributed by atoms with E-state index in [1.165, 1.54) is 31.0 Å². The molecule has 0 unspecified atom stereocenters. The molecule has 4 rings (SSSR count). The van der Waals surface area contributed by atoms with Gasteiger partial charge in [0.1, 0.15) is 0 Å². The lowest BCUT2D eigenvalue weighted by Gasteiger charge is -2.35. The molecule has 0 bridgehead atoms. The zero-order valence-electron chi connectivity index (χ0n) is 13.8. The van der Waals surface area contributed by atoms with Crippen molar-refractivity contribution in [3.05, 3.63) is 16.4 Å². The van der Waals surface area contributed by atoms with Crippen molar-refractivity contribution < 1.29 is 4.79 Å². The molecule has 0 saturated carbocycles. The van der Waals surface area contributed by atoms with Gasteiger partial charge < -0.3 is 0 Å². The molecule has 0 atom stereocenters. The summed E-state index contributed by atoms with van der Waals surface area (Å²) in [4.78, 5) is 15.7. The number of rotatable bonds is 2. The quantitative estimate of drug-likeness (QED) is 0.897. The van der Waals surface area contributed by atoms with E-state index in [0.717, 1.165) is 47.6 Å². The third kappa shape index (κ3) is 2.92. The van der Waals surface area contributed by atoms with E-state index >= 15 is 0 Å². The van der Waals surface area contributed by atoms with Gasteiger partial charge in [-0.1, -0.05) is 20.3 Å². The minimum Gasteiger partial charge on any atom is -0.296 e. The molecule has 3 aliphatic rings. The fourth-order valence-electron chi connectivity index (χ4n) is 3.64. The predicted molar refractivity (Wildman–Crippen MR) is 89.4 cm³/mol. The number of aromatic nitrogens is 3. The Bertz CT molecular complexity index is 672. The second-order valence-corrected chi connectivity index (χ2v) is 8.51. The van der Waals surface area contributed by atoms with Gasteiger partial charge in [-0.2, -0.15) is 0 Å². The molecule has 1 N–H and O–H groups in total. The number of ketones is 1. The molecule has 1 aliphatic carbocycles. The Balaban J connectivity index is 1.57. The maximum absolute atomic E-state index is 12.4. The van der Waals surface area contributed by atoms with Gasteiger partial charge in [-0.05, 0) is 49.5 Å². The van der Waals surface area contributed by atoms with E-state index in [2.05, 4.69) is 34.4 Å². The number of fused-ring (bicyclic) bond motifs is 1. The first-order chi connectivity index (χ1) is 11.0. The van der Waals surface area contributed by atoms with Crippen LogP contribution in [0.1, 0.15) is 51.8 Å². The number of hydrogen-bond acceptors (Lipinski definition) is 6. The fourth-order valence-corrected chi connectivity index (χ4v) is 4.57. The van der Waals surface area contributed by atoms with Crippen LogP contribution in [0.2, 0.25) is 0 Å². The fraction of sp³-hybridized carbons (Fsp3) is 0.688. The summed E-state index contributed by atoms with van der Waals surface area (Å²) in [5.41, 5.74) is 4.47. The monoisotopic (exact) mass is 333 g/mol. The lowest BCUT2D eigenvalue weighted by molar-refractivity contribution is -0.117. The van der Waals surface area contributed by atoms with E-state index in [-0.39, 0.29) is 11.2 Å². The maximum Gasteiger partial charge on any atom is 0.215 e.